The molecule has 0 spiro atoms. The van der Waals surface area contributed by atoms with E-state index in [0.717, 1.165) is 0 Å². The number of benzene rings is 1. The minimum Gasteiger partial charge on any atom is -0.486 e. The first-order chi connectivity index (χ1) is 7.20. The van der Waals surface area contributed by atoms with Crippen LogP contribution >= 0.6 is 0 Å². The molecule has 1 aliphatic heterocycles. The number of hydrogen-bond donors (Lipinski definition) is 2. The summed E-state index contributed by atoms with van der Waals surface area (Å²) in [6.45, 7) is 2.41. The molecule has 0 aliphatic carbocycles. The second-order valence-electron chi connectivity index (χ2n) is 3.37. The highest BCUT2D eigenvalue weighted by Gasteiger charge is 2.18. The van der Waals surface area contributed by atoms with Crippen molar-refractivity contribution in [1.29, 1.82) is 0 Å². The molecular formula is C10H12N2O3. The van der Waals surface area contributed by atoms with Gasteiger partial charge in [0.05, 0.1) is 0 Å². The number of carbonyl (C=O) groups is 1. The first kappa shape index (κ1) is 9.79. The Hall–Kier alpha value is -1.75. The summed E-state index contributed by atoms with van der Waals surface area (Å²) in [4.78, 5) is 11.2. The molecule has 5 nitrogen and oxygen atoms in total. The summed E-state index contributed by atoms with van der Waals surface area (Å²) < 4.78 is 10.9. The van der Waals surface area contributed by atoms with Crippen molar-refractivity contribution in [3.63, 3.8) is 0 Å². The van der Waals surface area contributed by atoms with E-state index in [2.05, 4.69) is 5.43 Å². The Balaban J connectivity index is 2.30. The van der Waals surface area contributed by atoms with Gasteiger partial charge in [0.2, 0.25) is 0 Å². The van der Waals surface area contributed by atoms with Gasteiger partial charge in [0.25, 0.3) is 5.91 Å². The predicted octanol–water partition coefficient (Wildman–Crippen LogP) is 0.450. The number of hydrogen-bond acceptors (Lipinski definition) is 4. The topological polar surface area (TPSA) is 73.6 Å². The normalized spacial score (nSPS) is 18.4. The lowest BCUT2D eigenvalue weighted by Gasteiger charge is -2.24. The van der Waals surface area contributed by atoms with Crippen molar-refractivity contribution in [2.24, 2.45) is 5.84 Å². The average Bonchev–Trinajstić information content (AvgIpc) is 2.27. The summed E-state index contributed by atoms with van der Waals surface area (Å²) in [7, 11) is 0. The minimum atomic E-state index is -0.347. The lowest BCUT2D eigenvalue weighted by Crippen LogP contribution is -2.30. The van der Waals surface area contributed by atoms with Crippen molar-refractivity contribution in [2.75, 3.05) is 6.61 Å². The predicted molar refractivity (Wildman–Crippen MR) is 53.7 cm³/mol. The molecule has 0 bridgehead atoms. The van der Waals surface area contributed by atoms with E-state index in [4.69, 9.17) is 15.3 Å². The smallest absolute Gasteiger partial charge is 0.265 e. The number of amides is 1. The second kappa shape index (κ2) is 3.78. The monoisotopic (exact) mass is 208 g/mol. The summed E-state index contributed by atoms with van der Waals surface area (Å²) in [5, 5.41) is 0. The molecule has 80 valence electrons. The fourth-order valence-corrected chi connectivity index (χ4v) is 1.40. The summed E-state index contributed by atoms with van der Waals surface area (Å²) in [5.41, 5.74) is 2.51. The Labute approximate surface area is 87.1 Å². The molecule has 1 atom stereocenters. The van der Waals surface area contributed by atoms with Gasteiger partial charge in [-0.25, -0.2) is 5.84 Å². The third-order valence-electron chi connectivity index (χ3n) is 2.14. The number of nitrogen functional groups attached to an aromatic ring is 1. The molecule has 15 heavy (non-hydrogen) atoms. The summed E-state index contributed by atoms with van der Waals surface area (Å²) >= 11 is 0. The summed E-state index contributed by atoms with van der Waals surface area (Å²) in [6, 6.07) is 4.96. The van der Waals surface area contributed by atoms with Crippen molar-refractivity contribution in [2.45, 2.75) is 13.0 Å². The maximum Gasteiger partial charge on any atom is 0.265 e. The van der Waals surface area contributed by atoms with Gasteiger partial charge in [-0.3, -0.25) is 10.2 Å². The van der Waals surface area contributed by atoms with Crippen LogP contribution in [0.15, 0.2) is 18.2 Å². The van der Waals surface area contributed by atoms with Crippen LogP contribution in [0, 0.1) is 0 Å². The summed E-state index contributed by atoms with van der Waals surface area (Å²) in [6.07, 6.45) is 0.0340. The van der Waals surface area contributed by atoms with Gasteiger partial charge in [-0.1, -0.05) is 0 Å². The number of nitrogens with one attached hydrogen (secondary N) is 1. The number of carbonyl (C=O) groups excluding carboxylic acids is 1. The van der Waals surface area contributed by atoms with Crippen molar-refractivity contribution >= 4 is 5.91 Å². The van der Waals surface area contributed by atoms with Crippen LogP contribution in [0.25, 0.3) is 0 Å². The van der Waals surface area contributed by atoms with Crippen LogP contribution in [-0.2, 0) is 0 Å². The van der Waals surface area contributed by atoms with Gasteiger partial charge in [0.15, 0.2) is 11.5 Å². The molecule has 1 heterocycles. The number of fused-ring (bicyclic) bond motifs is 1. The molecule has 0 saturated heterocycles. The van der Waals surface area contributed by atoms with Gasteiger partial charge in [-0.15, -0.1) is 0 Å². The zero-order valence-electron chi connectivity index (χ0n) is 8.32. The minimum absolute atomic E-state index is 0.0340. The highest BCUT2D eigenvalue weighted by Crippen LogP contribution is 2.32. The molecule has 1 unspecified atom stereocenters. The van der Waals surface area contributed by atoms with E-state index in [1.807, 2.05) is 6.92 Å². The van der Waals surface area contributed by atoms with Crippen LogP contribution in [0.5, 0.6) is 11.5 Å². The van der Waals surface area contributed by atoms with Gasteiger partial charge in [0.1, 0.15) is 12.7 Å². The molecule has 2 rings (SSSR count). The van der Waals surface area contributed by atoms with Crippen LogP contribution in [0.2, 0.25) is 0 Å². The second-order valence-corrected chi connectivity index (χ2v) is 3.37. The zero-order valence-corrected chi connectivity index (χ0v) is 8.32. The molecule has 0 saturated carbocycles. The Morgan fingerprint density at radius 2 is 2.33 bits per heavy atom. The van der Waals surface area contributed by atoms with Crippen LogP contribution in [0.3, 0.4) is 0 Å². The molecular weight excluding hydrogens is 196 g/mol. The largest absolute Gasteiger partial charge is 0.486 e. The maximum absolute atomic E-state index is 11.2. The molecule has 0 radical (unpaired) electrons. The molecule has 0 aromatic heterocycles. The van der Waals surface area contributed by atoms with Crippen molar-refractivity contribution < 1.29 is 14.3 Å². The van der Waals surface area contributed by atoms with E-state index in [9.17, 15) is 4.79 Å². The number of rotatable bonds is 1. The number of nitrogens with two attached hydrogens (primary N) is 1. The van der Waals surface area contributed by atoms with Gasteiger partial charge in [-0.05, 0) is 25.1 Å². The molecule has 5 heteroatoms. The Morgan fingerprint density at radius 3 is 3.07 bits per heavy atom. The summed E-state index contributed by atoms with van der Waals surface area (Å²) in [5.74, 6) is 5.92. The van der Waals surface area contributed by atoms with Gasteiger partial charge >= 0.3 is 0 Å². The van der Waals surface area contributed by atoms with Gasteiger partial charge < -0.3 is 9.47 Å². The van der Waals surface area contributed by atoms with Crippen LogP contribution in [0.4, 0.5) is 0 Å². The molecule has 1 aliphatic rings. The van der Waals surface area contributed by atoms with E-state index in [0.29, 0.717) is 23.7 Å². The fraction of sp³-hybridized carbons (Fsp3) is 0.300. The van der Waals surface area contributed by atoms with Crippen LogP contribution < -0.4 is 20.7 Å². The van der Waals surface area contributed by atoms with Crippen molar-refractivity contribution in [1.82, 2.24) is 5.43 Å². The van der Waals surface area contributed by atoms with E-state index < -0.39 is 0 Å². The third kappa shape index (κ3) is 1.87. The highest BCUT2D eigenvalue weighted by molar-refractivity contribution is 5.94. The number of hydrazine groups is 1. The maximum atomic E-state index is 11.2. The van der Waals surface area contributed by atoms with Gasteiger partial charge in [-0.2, -0.15) is 0 Å². The van der Waals surface area contributed by atoms with Crippen molar-refractivity contribution in [3.8, 4) is 11.5 Å². The highest BCUT2D eigenvalue weighted by atomic mass is 16.6. The third-order valence-corrected chi connectivity index (χ3v) is 2.14. The van der Waals surface area contributed by atoms with E-state index >= 15 is 0 Å². The zero-order chi connectivity index (χ0) is 10.8. The molecule has 1 amide bonds. The van der Waals surface area contributed by atoms with E-state index in [1.165, 1.54) is 0 Å². The SMILES string of the molecule is CC1COc2cc(C(=O)NN)ccc2O1. The quantitative estimate of drug-likeness (QED) is 0.399. The van der Waals surface area contributed by atoms with Crippen molar-refractivity contribution in [3.05, 3.63) is 23.8 Å². The molecule has 0 fully saturated rings. The standard InChI is InChI=1S/C10H12N2O3/c1-6-5-14-9-4-7(10(13)12-11)2-3-8(9)15-6/h2-4,6H,5,11H2,1H3,(H,12,13). The lowest BCUT2D eigenvalue weighted by atomic mass is 10.2. The fourth-order valence-electron chi connectivity index (χ4n) is 1.40. The lowest BCUT2D eigenvalue weighted by molar-refractivity contribution is 0.0945. The molecule has 1 aromatic rings. The first-order valence-corrected chi connectivity index (χ1v) is 4.65. The first-order valence-electron chi connectivity index (χ1n) is 4.65. The molecule has 3 N–H and O–H groups in total. The Bertz CT molecular complexity index is 392. The Kier molecular flexibility index (Phi) is 2.47. The van der Waals surface area contributed by atoms with Gasteiger partial charge in [0, 0.05) is 5.56 Å². The average molecular weight is 208 g/mol. The van der Waals surface area contributed by atoms with E-state index in [1.54, 1.807) is 18.2 Å². The molecule has 1 aromatic carbocycles. The van der Waals surface area contributed by atoms with Crippen LogP contribution in [0.1, 0.15) is 17.3 Å². The van der Waals surface area contributed by atoms with E-state index in [-0.39, 0.29) is 12.0 Å². The number of ether oxygens (including phenoxy) is 2. The Morgan fingerprint density at radius 1 is 1.53 bits per heavy atom. The van der Waals surface area contributed by atoms with Crippen LogP contribution in [-0.4, -0.2) is 18.6 Å².